The van der Waals surface area contributed by atoms with E-state index in [0.29, 0.717) is 0 Å². The van der Waals surface area contributed by atoms with E-state index in [4.69, 9.17) is 28.7 Å². The summed E-state index contributed by atoms with van der Waals surface area (Å²) >= 11 is 0. The van der Waals surface area contributed by atoms with Crippen molar-refractivity contribution in [2.75, 3.05) is 0 Å². The van der Waals surface area contributed by atoms with Gasteiger partial charge in [0.1, 0.15) is 0 Å². The van der Waals surface area contributed by atoms with Crippen LogP contribution in [0.15, 0.2) is 0 Å². The molecule has 11 heteroatoms. The topological polar surface area (TPSA) is 118 Å². The summed E-state index contributed by atoms with van der Waals surface area (Å²) in [4.78, 5) is 29.3. The smallest absolute Gasteiger partial charge is 0.753 e. The van der Waals surface area contributed by atoms with E-state index in [1.807, 2.05) is 0 Å². The molecule has 1 unspecified atom stereocenters. The van der Waals surface area contributed by atoms with Crippen molar-refractivity contribution in [3.05, 3.63) is 0 Å². The van der Waals surface area contributed by atoms with Crippen molar-refractivity contribution in [1.82, 2.24) is 0 Å². The van der Waals surface area contributed by atoms with E-state index in [-0.39, 0.29) is 29.6 Å². The first-order valence-corrected chi connectivity index (χ1v) is 4.46. The van der Waals surface area contributed by atoms with Crippen molar-refractivity contribution in [3.8, 4) is 0 Å². The fourth-order valence-electron chi connectivity index (χ4n) is 0. The molecule has 0 aromatic carbocycles. The summed E-state index contributed by atoms with van der Waals surface area (Å²) in [5.41, 5.74) is 0. The summed E-state index contributed by atoms with van der Waals surface area (Å²) in [7, 11) is -10.5. The number of rotatable bonds is 0. The minimum Gasteiger partial charge on any atom is -0.753 e. The fourth-order valence-corrected chi connectivity index (χ4v) is 0. The molecule has 0 heterocycles. The molecular weight excluding hydrogens is 219 g/mol. The summed E-state index contributed by atoms with van der Waals surface area (Å²) < 4.78 is 37.8. The van der Waals surface area contributed by atoms with Gasteiger partial charge in [-0.05, 0) is 0 Å². The molecule has 0 fully saturated rings. The van der Waals surface area contributed by atoms with E-state index < -0.39 is 15.8 Å². The van der Waals surface area contributed by atoms with E-state index in [9.17, 15) is 8.39 Å². The molecule has 3 N–H and O–H groups in total. The van der Waals surface area contributed by atoms with Gasteiger partial charge in [0, 0.05) is 0 Å². The summed E-state index contributed by atoms with van der Waals surface area (Å²) in [5.74, 6) is 0. The van der Waals surface area contributed by atoms with Crippen LogP contribution in [-0.2, 0) is 9.13 Å². The monoisotopic (exact) mass is 222 g/mol. The third-order valence-electron chi connectivity index (χ3n) is 0. The van der Waals surface area contributed by atoms with Gasteiger partial charge in [0.25, 0.3) is 0 Å². The number of hydrogen-bond donors (Lipinski definition) is 3. The Morgan fingerprint density at radius 3 is 1.09 bits per heavy atom. The predicted molar refractivity (Wildman–Crippen MR) is 24.1 cm³/mol. The minimum absolute atomic E-state index is 0. The first-order chi connectivity index (χ1) is 4.00. The van der Waals surface area contributed by atoms with Gasteiger partial charge in [0.05, 0.1) is 0 Å². The Morgan fingerprint density at radius 1 is 1.09 bits per heavy atom. The van der Waals surface area contributed by atoms with Gasteiger partial charge in [-0.25, -0.2) is 4.57 Å². The van der Waals surface area contributed by atoms with E-state index >= 15 is 0 Å². The first kappa shape index (κ1) is 18.0. The van der Waals surface area contributed by atoms with Crippen molar-refractivity contribution in [2.45, 2.75) is 0 Å². The molecule has 0 aromatic heterocycles. The van der Waals surface area contributed by atoms with Gasteiger partial charge in [0.2, 0.25) is 0 Å². The zero-order valence-corrected chi connectivity index (χ0v) is 9.01. The van der Waals surface area contributed by atoms with Crippen LogP contribution in [0.5, 0.6) is 0 Å². The zero-order valence-electron chi connectivity index (χ0n) is 5.22. The molecule has 11 heavy (non-hydrogen) atoms. The Labute approximate surface area is 82.5 Å². The molecule has 0 saturated carbocycles. The average molecular weight is 222 g/mol. The first-order valence-electron chi connectivity index (χ1n) is 1.49. The van der Waals surface area contributed by atoms with Crippen molar-refractivity contribution in [1.29, 1.82) is 0 Å². The molecule has 0 aliphatic heterocycles. The molecular formula is H3F2NaO6P2. The third-order valence-corrected chi connectivity index (χ3v) is 0. The number of hydrogen-bond acceptors (Lipinski definition) is 3. The minimum atomic E-state index is -5.39. The second-order valence-corrected chi connectivity index (χ2v) is 2.77. The standard InChI is InChI=1S/2FH2O3P.Na/c2*1-5(2,3)4;/h2*(H2,2,3,4);/q;;+1/p-1. The van der Waals surface area contributed by atoms with Gasteiger partial charge in [-0.2, -0.15) is 4.20 Å². The van der Waals surface area contributed by atoms with Crippen LogP contribution in [0.2, 0.25) is 0 Å². The molecule has 0 aromatic rings. The second kappa shape index (κ2) is 6.65. The van der Waals surface area contributed by atoms with Gasteiger partial charge < -0.3 is 9.79 Å². The summed E-state index contributed by atoms with van der Waals surface area (Å²) in [5, 5.41) is 0. The van der Waals surface area contributed by atoms with Gasteiger partial charge >= 0.3 is 45.4 Å². The predicted octanol–water partition coefficient (Wildman–Crippen LogP) is -3.53. The molecule has 1 atom stereocenters. The largest absolute Gasteiger partial charge is 1.00 e. The maximum absolute atomic E-state index is 10.4. The SMILES string of the molecule is O=P(O)(O)F.O=P([O-])(O)F.[Na+]. The Balaban J connectivity index is -0.000000107. The maximum Gasteiger partial charge on any atom is 1.00 e. The van der Waals surface area contributed by atoms with Gasteiger partial charge in [-0.3, -0.25) is 14.4 Å². The van der Waals surface area contributed by atoms with Crippen molar-refractivity contribution in [3.63, 3.8) is 0 Å². The second-order valence-electron chi connectivity index (χ2n) is 0.924. The molecule has 0 spiro atoms. The molecule has 0 aliphatic carbocycles. The summed E-state index contributed by atoms with van der Waals surface area (Å²) in [6.45, 7) is 0. The van der Waals surface area contributed by atoms with Crippen LogP contribution >= 0.6 is 15.8 Å². The van der Waals surface area contributed by atoms with E-state index in [1.54, 1.807) is 0 Å². The third kappa shape index (κ3) is 696. The Kier molecular flexibility index (Phi) is 10.9. The maximum atomic E-state index is 10.4. The van der Waals surface area contributed by atoms with Crippen LogP contribution in [0.1, 0.15) is 0 Å². The normalized spacial score (nSPS) is 15.1. The van der Waals surface area contributed by atoms with Crippen LogP contribution in [0.3, 0.4) is 0 Å². The van der Waals surface area contributed by atoms with Crippen LogP contribution in [-0.4, -0.2) is 14.7 Å². The zero-order chi connectivity index (χ0) is 9.00. The van der Waals surface area contributed by atoms with Crippen LogP contribution in [0, 0.1) is 0 Å². The molecule has 0 saturated heterocycles. The van der Waals surface area contributed by atoms with Crippen molar-refractivity contribution >= 4 is 15.8 Å². The Morgan fingerprint density at radius 2 is 1.09 bits per heavy atom. The molecule has 6 nitrogen and oxygen atoms in total. The van der Waals surface area contributed by atoms with Crippen LogP contribution in [0.25, 0.3) is 0 Å². The van der Waals surface area contributed by atoms with E-state index in [2.05, 4.69) is 0 Å². The average Bonchev–Trinajstić information content (AvgIpc) is 1.12. The molecule has 0 radical (unpaired) electrons. The molecule has 64 valence electrons. The molecule has 0 bridgehead atoms. The Hall–Kier alpha value is 1.16. The Bertz CT molecular complexity index is 131. The van der Waals surface area contributed by atoms with Crippen LogP contribution < -0.4 is 34.5 Å². The fraction of sp³-hybridized carbons (Fsp3) is 0. The number of halogens is 2. The van der Waals surface area contributed by atoms with Gasteiger partial charge in [0.15, 0.2) is 0 Å². The van der Waals surface area contributed by atoms with Crippen molar-refractivity contribution in [2.24, 2.45) is 0 Å². The molecule has 0 rings (SSSR count). The van der Waals surface area contributed by atoms with Gasteiger partial charge in [-0.15, -0.1) is 4.20 Å². The quantitative estimate of drug-likeness (QED) is 0.288. The van der Waals surface area contributed by atoms with Gasteiger partial charge in [-0.1, -0.05) is 0 Å². The van der Waals surface area contributed by atoms with E-state index in [0.717, 1.165) is 0 Å². The van der Waals surface area contributed by atoms with Crippen molar-refractivity contribution < 1.29 is 66.7 Å². The summed E-state index contributed by atoms with van der Waals surface area (Å²) in [6.07, 6.45) is 0. The van der Waals surface area contributed by atoms with E-state index in [1.165, 1.54) is 0 Å². The van der Waals surface area contributed by atoms with Crippen LogP contribution in [0.4, 0.5) is 8.39 Å². The summed E-state index contributed by atoms with van der Waals surface area (Å²) in [6, 6.07) is 0. The molecule has 0 aliphatic rings. The molecule has 0 amide bonds.